The van der Waals surface area contributed by atoms with Crippen molar-refractivity contribution in [2.75, 3.05) is 0 Å². The van der Waals surface area contributed by atoms with Gasteiger partial charge < -0.3 is 0 Å². The topological polar surface area (TPSA) is 50.9 Å². The summed E-state index contributed by atoms with van der Waals surface area (Å²) < 4.78 is 0. The standard InChI is InChI=1S/C11H17N3/c1-8(9-4-5-9)11(14-12)10-3-2-6-13-7-10/h2-3,6-9,11,14H,4-5,12H2,1H3. The molecule has 0 amide bonds. The van der Waals surface area contributed by atoms with Gasteiger partial charge in [0.1, 0.15) is 0 Å². The van der Waals surface area contributed by atoms with Gasteiger partial charge in [0.05, 0.1) is 6.04 Å². The van der Waals surface area contributed by atoms with Crippen LogP contribution in [0.4, 0.5) is 0 Å². The Morgan fingerprint density at radius 2 is 2.36 bits per heavy atom. The molecule has 2 rings (SSSR count). The number of rotatable bonds is 4. The molecule has 0 radical (unpaired) electrons. The van der Waals surface area contributed by atoms with Gasteiger partial charge in [0.2, 0.25) is 0 Å². The van der Waals surface area contributed by atoms with Gasteiger partial charge in [-0.25, -0.2) is 0 Å². The molecule has 3 N–H and O–H groups in total. The van der Waals surface area contributed by atoms with E-state index in [1.54, 1.807) is 6.20 Å². The highest BCUT2D eigenvalue weighted by atomic mass is 15.2. The van der Waals surface area contributed by atoms with Crippen molar-refractivity contribution >= 4 is 0 Å². The third-order valence-corrected chi connectivity index (χ3v) is 3.11. The zero-order valence-electron chi connectivity index (χ0n) is 8.48. The highest BCUT2D eigenvalue weighted by Gasteiger charge is 2.33. The van der Waals surface area contributed by atoms with E-state index in [0.717, 1.165) is 5.92 Å². The van der Waals surface area contributed by atoms with Gasteiger partial charge >= 0.3 is 0 Å². The summed E-state index contributed by atoms with van der Waals surface area (Å²) in [5.41, 5.74) is 4.09. The maximum atomic E-state index is 5.59. The molecule has 0 aromatic carbocycles. The Labute approximate surface area is 84.7 Å². The largest absolute Gasteiger partial charge is 0.271 e. The zero-order valence-corrected chi connectivity index (χ0v) is 8.48. The molecule has 3 heteroatoms. The Hall–Kier alpha value is -0.930. The maximum absolute atomic E-state index is 5.59. The lowest BCUT2D eigenvalue weighted by Crippen LogP contribution is -2.33. The smallest absolute Gasteiger partial charge is 0.0503 e. The van der Waals surface area contributed by atoms with Crippen LogP contribution in [0.1, 0.15) is 31.4 Å². The summed E-state index contributed by atoms with van der Waals surface area (Å²) >= 11 is 0. The van der Waals surface area contributed by atoms with Crippen molar-refractivity contribution in [1.29, 1.82) is 0 Å². The van der Waals surface area contributed by atoms with Crippen LogP contribution in [0.3, 0.4) is 0 Å². The van der Waals surface area contributed by atoms with Crippen molar-refractivity contribution in [2.24, 2.45) is 17.7 Å². The van der Waals surface area contributed by atoms with Crippen molar-refractivity contribution in [3.8, 4) is 0 Å². The first-order valence-electron chi connectivity index (χ1n) is 5.19. The van der Waals surface area contributed by atoms with Crippen molar-refractivity contribution in [3.63, 3.8) is 0 Å². The second kappa shape index (κ2) is 4.07. The van der Waals surface area contributed by atoms with Crippen molar-refractivity contribution in [3.05, 3.63) is 30.1 Å². The fourth-order valence-electron chi connectivity index (χ4n) is 2.01. The molecule has 1 aromatic heterocycles. The molecular formula is C11H17N3. The molecule has 0 aliphatic heterocycles. The summed E-state index contributed by atoms with van der Waals surface area (Å²) in [4.78, 5) is 4.12. The maximum Gasteiger partial charge on any atom is 0.0503 e. The summed E-state index contributed by atoms with van der Waals surface area (Å²) in [5.74, 6) is 7.04. The number of hydrogen-bond acceptors (Lipinski definition) is 3. The van der Waals surface area contributed by atoms with E-state index >= 15 is 0 Å². The number of aromatic nitrogens is 1. The van der Waals surface area contributed by atoms with E-state index in [0.29, 0.717) is 5.92 Å². The highest BCUT2D eigenvalue weighted by molar-refractivity contribution is 5.15. The van der Waals surface area contributed by atoms with Crippen LogP contribution in [0.15, 0.2) is 24.5 Å². The molecule has 1 aliphatic rings. The van der Waals surface area contributed by atoms with Crippen LogP contribution in [0.2, 0.25) is 0 Å². The van der Waals surface area contributed by atoms with Crippen molar-refractivity contribution in [1.82, 2.24) is 10.4 Å². The Balaban J connectivity index is 2.12. The van der Waals surface area contributed by atoms with E-state index in [1.807, 2.05) is 12.3 Å². The van der Waals surface area contributed by atoms with Gasteiger partial charge in [-0.15, -0.1) is 0 Å². The molecule has 14 heavy (non-hydrogen) atoms. The van der Waals surface area contributed by atoms with Crippen LogP contribution in [0.25, 0.3) is 0 Å². The normalized spacial score (nSPS) is 20.4. The number of nitrogens with zero attached hydrogens (tertiary/aromatic N) is 1. The van der Waals surface area contributed by atoms with Crippen LogP contribution < -0.4 is 11.3 Å². The molecule has 1 saturated carbocycles. The molecule has 1 heterocycles. The zero-order chi connectivity index (χ0) is 9.97. The second-order valence-corrected chi connectivity index (χ2v) is 4.13. The van der Waals surface area contributed by atoms with Gasteiger partial charge in [0.25, 0.3) is 0 Å². The average Bonchev–Trinajstić information content (AvgIpc) is 3.03. The lowest BCUT2D eigenvalue weighted by atomic mass is 9.92. The third kappa shape index (κ3) is 1.94. The van der Waals surface area contributed by atoms with E-state index < -0.39 is 0 Å². The molecule has 0 bridgehead atoms. The lowest BCUT2D eigenvalue weighted by molar-refractivity contribution is 0.353. The molecule has 76 valence electrons. The van der Waals surface area contributed by atoms with Crippen molar-refractivity contribution < 1.29 is 0 Å². The van der Waals surface area contributed by atoms with E-state index in [1.165, 1.54) is 18.4 Å². The molecule has 1 fully saturated rings. The van der Waals surface area contributed by atoms with Crippen LogP contribution in [0.5, 0.6) is 0 Å². The van der Waals surface area contributed by atoms with E-state index in [-0.39, 0.29) is 6.04 Å². The second-order valence-electron chi connectivity index (χ2n) is 4.13. The highest BCUT2D eigenvalue weighted by Crippen LogP contribution is 2.42. The van der Waals surface area contributed by atoms with Crippen molar-refractivity contribution in [2.45, 2.75) is 25.8 Å². The minimum atomic E-state index is 0.246. The van der Waals surface area contributed by atoms with Gasteiger partial charge in [0.15, 0.2) is 0 Å². The lowest BCUT2D eigenvalue weighted by Gasteiger charge is -2.22. The van der Waals surface area contributed by atoms with Gasteiger partial charge in [-0.3, -0.25) is 16.3 Å². The van der Waals surface area contributed by atoms with Crippen LogP contribution in [-0.4, -0.2) is 4.98 Å². The average molecular weight is 191 g/mol. The van der Waals surface area contributed by atoms with E-state index in [2.05, 4.69) is 23.4 Å². The molecular weight excluding hydrogens is 174 g/mol. The fraction of sp³-hybridized carbons (Fsp3) is 0.545. The molecule has 2 atom stereocenters. The minimum Gasteiger partial charge on any atom is -0.271 e. The molecule has 1 aliphatic carbocycles. The Kier molecular flexibility index (Phi) is 2.79. The molecule has 1 aromatic rings. The number of pyridine rings is 1. The monoisotopic (exact) mass is 191 g/mol. The van der Waals surface area contributed by atoms with Gasteiger partial charge in [0, 0.05) is 12.4 Å². The van der Waals surface area contributed by atoms with Crippen LogP contribution in [-0.2, 0) is 0 Å². The summed E-state index contributed by atoms with van der Waals surface area (Å²) in [6.45, 7) is 2.26. The number of hydrogen-bond donors (Lipinski definition) is 2. The first-order chi connectivity index (χ1) is 6.83. The summed E-state index contributed by atoms with van der Waals surface area (Å²) in [7, 11) is 0. The van der Waals surface area contributed by atoms with E-state index in [4.69, 9.17) is 5.84 Å². The third-order valence-electron chi connectivity index (χ3n) is 3.11. The first kappa shape index (κ1) is 9.62. The minimum absolute atomic E-state index is 0.246. The predicted molar refractivity (Wildman–Crippen MR) is 56.2 cm³/mol. The summed E-state index contributed by atoms with van der Waals surface area (Å²) in [6, 6.07) is 4.28. The molecule has 2 unspecified atom stereocenters. The van der Waals surface area contributed by atoms with Crippen LogP contribution >= 0.6 is 0 Å². The Morgan fingerprint density at radius 1 is 1.57 bits per heavy atom. The fourth-order valence-corrected chi connectivity index (χ4v) is 2.01. The first-order valence-corrected chi connectivity index (χ1v) is 5.19. The Morgan fingerprint density at radius 3 is 2.86 bits per heavy atom. The van der Waals surface area contributed by atoms with Gasteiger partial charge in [-0.2, -0.15) is 0 Å². The summed E-state index contributed by atoms with van der Waals surface area (Å²) in [5, 5.41) is 0. The number of hydrazine groups is 1. The number of nitrogens with one attached hydrogen (secondary N) is 1. The van der Waals surface area contributed by atoms with Gasteiger partial charge in [-0.05, 0) is 36.3 Å². The molecule has 3 nitrogen and oxygen atoms in total. The SMILES string of the molecule is CC(C1CC1)C(NN)c1cccnc1. The summed E-state index contributed by atoms with van der Waals surface area (Å²) in [6.07, 6.45) is 6.38. The molecule has 0 saturated heterocycles. The van der Waals surface area contributed by atoms with Gasteiger partial charge in [-0.1, -0.05) is 13.0 Å². The quantitative estimate of drug-likeness (QED) is 0.562. The predicted octanol–water partition coefficient (Wildman–Crippen LogP) is 1.63. The number of nitrogens with two attached hydrogens (primary N) is 1. The Bertz CT molecular complexity index is 282. The van der Waals surface area contributed by atoms with Crippen LogP contribution in [0, 0.1) is 11.8 Å². The van der Waals surface area contributed by atoms with E-state index in [9.17, 15) is 0 Å². The molecule has 0 spiro atoms.